The fourth-order valence-corrected chi connectivity index (χ4v) is 2.80. The number of amides is 1. The Hall–Kier alpha value is -2.67. The summed E-state index contributed by atoms with van der Waals surface area (Å²) in [7, 11) is 0. The highest BCUT2D eigenvalue weighted by Crippen LogP contribution is 2.22. The smallest absolute Gasteiger partial charge is 0.272 e. The van der Waals surface area contributed by atoms with E-state index >= 15 is 0 Å². The van der Waals surface area contributed by atoms with Crippen LogP contribution in [0.4, 0.5) is 5.69 Å². The van der Waals surface area contributed by atoms with Gasteiger partial charge >= 0.3 is 0 Å². The number of nitrogens with one attached hydrogen (secondary N) is 1. The molecule has 1 amide bonds. The number of hydrogen-bond donors (Lipinski definition) is 1. The SMILES string of the molecule is Cc1ccc(/C=N\NC(=O)[C@@H](C)Sc2ccccc2)cc1[N+](=O)[O-]. The molecule has 0 bridgehead atoms. The van der Waals surface area contributed by atoms with E-state index in [1.807, 2.05) is 30.3 Å². The molecule has 0 saturated heterocycles. The van der Waals surface area contributed by atoms with Gasteiger partial charge in [0.05, 0.1) is 16.4 Å². The minimum atomic E-state index is -0.441. The molecule has 1 N–H and O–H groups in total. The summed E-state index contributed by atoms with van der Waals surface area (Å²) in [5.74, 6) is -0.235. The molecule has 0 aliphatic heterocycles. The zero-order chi connectivity index (χ0) is 17.5. The van der Waals surface area contributed by atoms with Crippen molar-refractivity contribution in [1.29, 1.82) is 0 Å². The molecule has 2 aromatic rings. The molecular weight excluding hydrogens is 326 g/mol. The van der Waals surface area contributed by atoms with Crippen molar-refractivity contribution in [1.82, 2.24) is 5.43 Å². The Labute approximate surface area is 144 Å². The monoisotopic (exact) mass is 343 g/mol. The van der Waals surface area contributed by atoms with Gasteiger partial charge in [0.2, 0.25) is 0 Å². The first-order valence-corrected chi connectivity index (χ1v) is 8.15. The number of nitrogens with zero attached hydrogens (tertiary/aromatic N) is 2. The fraction of sp³-hybridized carbons (Fsp3) is 0.176. The predicted octanol–water partition coefficient (Wildman–Crippen LogP) is 3.53. The van der Waals surface area contributed by atoms with Crippen molar-refractivity contribution in [2.45, 2.75) is 24.0 Å². The van der Waals surface area contributed by atoms with Crippen molar-refractivity contribution in [3.63, 3.8) is 0 Å². The maximum atomic E-state index is 12.0. The first kappa shape index (κ1) is 17.7. The molecule has 0 aromatic heterocycles. The molecule has 6 nitrogen and oxygen atoms in total. The second-order valence-electron chi connectivity index (χ2n) is 5.11. The molecule has 0 saturated carbocycles. The quantitative estimate of drug-likeness (QED) is 0.376. The zero-order valence-electron chi connectivity index (χ0n) is 13.3. The normalized spacial score (nSPS) is 12.1. The van der Waals surface area contributed by atoms with Crippen molar-refractivity contribution < 1.29 is 9.72 Å². The van der Waals surface area contributed by atoms with E-state index < -0.39 is 4.92 Å². The first-order valence-electron chi connectivity index (χ1n) is 7.27. The van der Waals surface area contributed by atoms with Crippen LogP contribution >= 0.6 is 11.8 Å². The van der Waals surface area contributed by atoms with Gasteiger partial charge in [-0.1, -0.05) is 30.3 Å². The molecular formula is C17H17N3O3S. The number of hydrogen-bond acceptors (Lipinski definition) is 5. The molecule has 124 valence electrons. The average molecular weight is 343 g/mol. The highest BCUT2D eigenvalue weighted by atomic mass is 32.2. The van der Waals surface area contributed by atoms with Crippen LogP contribution in [0.2, 0.25) is 0 Å². The number of nitro benzene ring substituents is 1. The van der Waals surface area contributed by atoms with Crippen molar-refractivity contribution in [2.75, 3.05) is 0 Å². The van der Waals surface area contributed by atoms with Crippen LogP contribution in [0.1, 0.15) is 18.1 Å². The van der Waals surface area contributed by atoms with Gasteiger partial charge in [-0.3, -0.25) is 14.9 Å². The van der Waals surface area contributed by atoms with Crippen molar-refractivity contribution in [3.8, 4) is 0 Å². The molecule has 0 aliphatic carbocycles. The number of aryl methyl sites for hydroxylation is 1. The van der Waals surface area contributed by atoms with Crippen LogP contribution < -0.4 is 5.43 Å². The Morgan fingerprint density at radius 3 is 2.67 bits per heavy atom. The summed E-state index contributed by atoms with van der Waals surface area (Å²) in [6, 6.07) is 14.4. The molecule has 0 heterocycles. The Kier molecular flexibility index (Phi) is 6.08. The van der Waals surface area contributed by atoms with Crippen LogP contribution in [0.15, 0.2) is 58.5 Å². The molecule has 24 heavy (non-hydrogen) atoms. The Bertz CT molecular complexity index is 763. The van der Waals surface area contributed by atoms with E-state index in [1.165, 1.54) is 24.0 Å². The van der Waals surface area contributed by atoms with E-state index in [-0.39, 0.29) is 16.8 Å². The second kappa shape index (κ2) is 8.26. The lowest BCUT2D eigenvalue weighted by Crippen LogP contribution is -2.26. The number of carbonyl (C=O) groups is 1. The van der Waals surface area contributed by atoms with Crippen LogP contribution in [-0.2, 0) is 4.79 Å². The van der Waals surface area contributed by atoms with Gasteiger partial charge < -0.3 is 0 Å². The van der Waals surface area contributed by atoms with Crippen LogP contribution in [0.25, 0.3) is 0 Å². The van der Waals surface area contributed by atoms with Gasteiger partial charge in [0.25, 0.3) is 11.6 Å². The topological polar surface area (TPSA) is 84.6 Å². The number of nitro groups is 1. The van der Waals surface area contributed by atoms with Gasteiger partial charge in [-0.15, -0.1) is 11.8 Å². The summed E-state index contributed by atoms with van der Waals surface area (Å²) in [6.45, 7) is 3.46. The molecule has 2 aromatic carbocycles. The van der Waals surface area contributed by atoms with Crippen LogP contribution in [0.5, 0.6) is 0 Å². The fourth-order valence-electron chi connectivity index (χ4n) is 1.92. The number of carbonyl (C=O) groups excluding carboxylic acids is 1. The number of benzene rings is 2. The van der Waals surface area contributed by atoms with Gasteiger partial charge in [-0.05, 0) is 26.0 Å². The summed E-state index contributed by atoms with van der Waals surface area (Å²) in [6.07, 6.45) is 1.39. The Morgan fingerprint density at radius 2 is 2.00 bits per heavy atom. The first-order chi connectivity index (χ1) is 11.5. The Balaban J connectivity index is 1.94. The molecule has 0 fully saturated rings. The lowest BCUT2D eigenvalue weighted by atomic mass is 10.1. The largest absolute Gasteiger partial charge is 0.272 e. The molecule has 1 atom stereocenters. The third kappa shape index (κ3) is 4.92. The molecule has 0 unspecified atom stereocenters. The lowest BCUT2D eigenvalue weighted by Gasteiger charge is -2.09. The number of thioether (sulfide) groups is 1. The third-order valence-corrected chi connectivity index (χ3v) is 4.36. The maximum Gasteiger partial charge on any atom is 0.272 e. The average Bonchev–Trinajstić information content (AvgIpc) is 2.56. The van der Waals surface area contributed by atoms with E-state index in [0.717, 1.165) is 4.90 Å². The highest BCUT2D eigenvalue weighted by molar-refractivity contribution is 8.00. The lowest BCUT2D eigenvalue weighted by molar-refractivity contribution is -0.385. The standard InChI is InChI=1S/C17H17N3O3S/c1-12-8-9-14(10-16(12)20(22)23)11-18-19-17(21)13(2)24-15-6-4-3-5-7-15/h3-11,13H,1-2H3,(H,19,21)/b18-11-/t13-/m1/s1. The van der Waals surface area contributed by atoms with E-state index in [2.05, 4.69) is 10.5 Å². The Morgan fingerprint density at radius 1 is 1.29 bits per heavy atom. The number of hydrazone groups is 1. The maximum absolute atomic E-state index is 12.0. The molecule has 2 rings (SSSR count). The molecule has 0 aliphatic rings. The second-order valence-corrected chi connectivity index (χ2v) is 6.52. The highest BCUT2D eigenvalue weighted by Gasteiger charge is 2.13. The van der Waals surface area contributed by atoms with Gasteiger partial charge in [-0.2, -0.15) is 5.10 Å². The van der Waals surface area contributed by atoms with E-state index in [4.69, 9.17) is 0 Å². The summed E-state index contributed by atoms with van der Waals surface area (Å²) >= 11 is 1.43. The van der Waals surface area contributed by atoms with E-state index in [0.29, 0.717) is 11.1 Å². The summed E-state index contributed by atoms with van der Waals surface area (Å²) in [5, 5.41) is 14.5. The van der Waals surface area contributed by atoms with Gasteiger partial charge in [0.15, 0.2) is 0 Å². The zero-order valence-corrected chi connectivity index (χ0v) is 14.1. The van der Waals surface area contributed by atoms with Crippen LogP contribution in [0, 0.1) is 17.0 Å². The van der Waals surface area contributed by atoms with Crippen molar-refractivity contribution >= 4 is 29.6 Å². The van der Waals surface area contributed by atoms with Crippen molar-refractivity contribution in [3.05, 3.63) is 69.8 Å². The van der Waals surface area contributed by atoms with Crippen molar-refractivity contribution in [2.24, 2.45) is 5.10 Å². The van der Waals surface area contributed by atoms with Crippen LogP contribution in [0.3, 0.4) is 0 Å². The van der Waals surface area contributed by atoms with Crippen LogP contribution in [-0.4, -0.2) is 22.3 Å². The molecule has 0 radical (unpaired) electrons. The van der Waals surface area contributed by atoms with Gasteiger partial charge in [0, 0.05) is 22.1 Å². The summed E-state index contributed by atoms with van der Waals surface area (Å²) in [4.78, 5) is 23.5. The van der Waals surface area contributed by atoms with Gasteiger partial charge in [-0.25, -0.2) is 5.43 Å². The number of rotatable bonds is 6. The minimum Gasteiger partial charge on any atom is -0.272 e. The molecule has 7 heteroatoms. The molecule has 0 spiro atoms. The minimum absolute atomic E-state index is 0.0262. The van der Waals surface area contributed by atoms with E-state index in [1.54, 1.807) is 26.0 Å². The predicted molar refractivity (Wildman–Crippen MR) is 95.3 cm³/mol. The summed E-state index contributed by atoms with van der Waals surface area (Å²) in [5.41, 5.74) is 3.61. The summed E-state index contributed by atoms with van der Waals surface area (Å²) < 4.78 is 0. The third-order valence-electron chi connectivity index (χ3n) is 3.24. The van der Waals surface area contributed by atoms with E-state index in [9.17, 15) is 14.9 Å². The van der Waals surface area contributed by atoms with Gasteiger partial charge in [0.1, 0.15) is 0 Å².